The molecule has 0 aliphatic carbocycles. The average molecular weight is 233 g/mol. The smallest absolute Gasteiger partial charge is 0.252 e. The van der Waals surface area contributed by atoms with E-state index in [4.69, 9.17) is 0 Å². The molecule has 1 aromatic heterocycles. The number of likely N-dealkylation sites (tertiary alicyclic amines) is 1. The highest BCUT2D eigenvalue weighted by atomic mass is 16.2. The van der Waals surface area contributed by atoms with Gasteiger partial charge in [0.2, 0.25) is 5.91 Å². The standard InChI is InChI=1S/C12H15N3O2/c1-3-15-11(16)7-9(12(15)17)14-10-6-4-5-8(2)13-10/h4-6,9H,3,7H2,1-2H3,(H,13,14). The first-order valence-electron chi connectivity index (χ1n) is 5.66. The van der Waals surface area contributed by atoms with Gasteiger partial charge in [-0.15, -0.1) is 0 Å². The number of aryl methyl sites for hydroxylation is 1. The highest BCUT2D eigenvalue weighted by molar-refractivity contribution is 6.06. The Morgan fingerprint density at radius 1 is 1.47 bits per heavy atom. The number of nitrogens with one attached hydrogen (secondary N) is 1. The van der Waals surface area contributed by atoms with Crippen molar-refractivity contribution in [3.63, 3.8) is 0 Å². The molecule has 0 bridgehead atoms. The summed E-state index contributed by atoms with van der Waals surface area (Å²) in [4.78, 5) is 28.9. The molecule has 1 aliphatic heterocycles. The van der Waals surface area contributed by atoms with Gasteiger partial charge in [-0.3, -0.25) is 14.5 Å². The molecule has 1 saturated heterocycles. The number of pyridine rings is 1. The van der Waals surface area contributed by atoms with Gasteiger partial charge in [0.1, 0.15) is 11.9 Å². The minimum absolute atomic E-state index is 0.123. The third-order valence-corrected chi connectivity index (χ3v) is 2.77. The molecule has 90 valence electrons. The highest BCUT2D eigenvalue weighted by Gasteiger charge is 2.37. The number of imide groups is 1. The van der Waals surface area contributed by atoms with Gasteiger partial charge in [-0.1, -0.05) is 6.07 Å². The molecular formula is C12H15N3O2. The van der Waals surface area contributed by atoms with Crippen LogP contribution < -0.4 is 5.32 Å². The SMILES string of the molecule is CCN1C(=O)CC(Nc2cccc(C)n2)C1=O. The number of hydrogen-bond donors (Lipinski definition) is 1. The van der Waals surface area contributed by atoms with Crippen LogP contribution in [0, 0.1) is 6.92 Å². The van der Waals surface area contributed by atoms with Crippen LogP contribution in [0.2, 0.25) is 0 Å². The van der Waals surface area contributed by atoms with Gasteiger partial charge >= 0.3 is 0 Å². The van der Waals surface area contributed by atoms with Gasteiger partial charge in [-0.25, -0.2) is 4.98 Å². The number of anilines is 1. The molecule has 0 aromatic carbocycles. The van der Waals surface area contributed by atoms with E-state index in [1.54, 1.807) is 13.0 Å². The zero-order chi connectivity index (χ0) is 12.4. The summed E-state index contributed by atoms with van der Waals surface area (Å²) in [5, 5.41) is 3.00. The summed E-state index contributed by atoms with van der Waals surface area (Å²) in [6.45, 7) is 4.10. The zero-order valence-corrected chi connectivity index (χ0v) is 9.93. The Morgan fingerprint density at radius 2 is 2.24 bits per heavy atom. The van der Waals surface area contributed by atoms with Crippen molar-refractivity contribution in [2.45, 2.75) is 26.3 Å². The number of aromatic nitrogens is 1. The molecule has 1 fully saturated rings. The van der Waals surface area contributed by atoms with E-state index in [-0.39, 0.29) is 18.2 Å². The van der Waals surface area contributed by atoms with Crippen molar-refractivity contribution in [1.29, 1.82) is 0 Å². The van der Waals surface area contributed by atoms with Crippen molar-refractivity contribution in [1.82, 2.24) is 9.88 Å². The quantitative estimate of drug-likeness (QED) is 0.789. The second kappa shape index (κ2) is 4.53. The molecule has 0 saturated carbocycles. The Kier molecular flexibility index (Phi) is 3.08. The number of carbonyl (C=O) groups excluding carboxylic acids is 2. The first-order chi connectivity index (χ1) is 8.11. The minimum Gasteiger partial charge on any atom is -0.358 e. The van der Waals surface area contributed by atoms with Crippen LogP contribution in [0.25, 0.3) is 0 Å². The number of nitrogens with zero attached hydrogens (tertiary/aromatic N) is 2. The van der Waals surface area contributed by atoms with E-state index in [0.717, 1.165) is 5.69 Å². The topological polar surface area (TPSA) is 62.3 Å². The summed E-state index contributed by atoms with van der Waals surface area (Å²) < 4.78 is 0. The second-order valence-corrected chi connectivity index (χ2v) is 4.04. The zero-order valence-electron chi connectivity index (χ0n) is 9.93. The van der Waals surface area contributed by atoms with Crippen LogP contribution >= 0.6 is 0 Å². The van der Waals surface area contributed by atoms with Gasteiger partial charge in [-0.2, -0.15) is 0 Å². The van der Waals surface area contributed by atoms with Gasteiger partial charge in [0.05, 0.1) is 6.42 Å². The van der Waals surface area contributed by atoms with Crippen LogP contribution in [-0.4, -0.2) is 34.3 Å². The monoisotopic (exact) mass is 233 g/mol. The summed E-state index contributed by atoms with van der Waals surface area (Å²) in [6, 6.07) is 5.06. The van der Waals surface area contributed by atoms with Crippen LogP contribution in [-0.2, 0) is 9.59 Å². The van der Waals surface area contributed by atoms with E-state index in [1.807, 2.05) is 19.1 Å². The van der Waals surface area contributed by atoms with Crippen LogP contribution in [0.3, 0.4) is 0 Å². The van der Waals surface area contributed by atoms with Gasteiger partial charge < -0.3 is 5.32 Å². The first kappa shape index (κ1) is 11.6. The molecule has 0 spiro atoms. The summed E-state index contributed by atoms with van der Waals surface area (Å²) >= 11 is 0. The van der Waals surface area contributed by atoms with Crippen LogP contribution in [0.1, 0.15) is 19.0 Å². The molecule has 1 aromatic rings. The van der Waals surface area contributed by atoms with Crippen molar-refractivity contribution in [3.05, 3.63) is 23.9 Å². The van der Waals surface area contributed by atoms with E-state index in [2.05, 4.69) is 10.3 Å². The lowest BCUT2D eigenvalue weighted by Crippen LogP contribution is -2.34. The lowest BCUT2D eigenvalue weighted by molar-refractivity contribution is -0.138. The molecule has 5 heteroatoms. The van der Waals surface area contributed by atoms with Crippen molar-refractivity contribution in [2.24, 2.45) is 0 Å². The molecule has 2 heterocycles. The van der Waals surface area contributed by atoms with Crippen molar-refractivity contribution >= 4 is 17.6 Å². The van der Waals surface area contributed by atoms with Gasteiger partial charge in [0.25, 0.3) is 5.91 Å². The van der Waals surface area contributed by atoms with Crippen molar-refractivity contribution in [3.8, 4) is 0 Å². The Balaban J connectivity index is 2.11. The fourth-order valence-corrected chi connectivity index (χ4v) is 1.93. The second-order valence-electron chi connectivity index (χ2n) is 4.04. The van der Waals surface area contributed by atoms with Gasteiger partial charge in [0, 0.05) is 12.2 Å². The molecule has 1 N–H and O–H groups in total. The third-order valence-electron chi connectivity index (χ3n) is 2.77. The van der Waals surface area contributed by atoms with Gasteiger partial charge in [-0.05, 0) is 26.0 Å². The molecule has 1 unspecified atom stereocenters. The molecule has 1 aliphatic rings. The molecule has 0 radical (unpaired) electrons. The summed E-state index contributed by atoms with van der Waals surface area (Å²) in [5.74, 6) is 0.345. The Bertz CT molecular complexity index is 459. The normalized spacial score (nSPS) is 19.9. The van der Waals surface area contributed by atoms with E-state index < -0.39 is 6.04 Å². The predicted octanol–water partition coefficient (Wildman–Crippen LogP) is 0.949. The fraction of sp³-hybridized carbons (Fsp3) is 0.417. The highest BCUT2D eigenvalue weighted by Crippen LogP contribution is 2.16. The summed E-state index contributed by atoms with van der Waals surface area (Å²) in [7, 11) is 0. The molecule has 2 rings (SSSR count). The maximum Gasteiger partial charge on any atom is 0.252 e. The summed E-state index contributed by atoms with van der Waals surface area (Å²) in [6.07, 6.45) is 0.211. The predicted molar refractivity (Wildman–Crippen MR) is 63.4 cm³/mol. The number of carbonyl (C=O) groups is 2. The molecular weight excluding hydrogens is 218 g/mol. The van der Waals surface area contributed by atoms with Crippen LogP contribution in [0.4, 0.5) is 5.82 Å². The molecule has 1 atom stereocenters. The van der Waals surface area contributed by atoms with E-state index in [1.165, 1.54) is 4.90 Å². The van der Waals surface area contributed by atoms with Crippen molar-refractivity contribution in [2.75, 3.05) is 11.9 Å². The largest absolute Gasteiger partial charge is 0.358 e. The number of likely N-dealkylation sites (N-methyl/N-ethyl adjacent to an activating group) is 1. The van der Waals surface area contributed by atoms with E-state index in [0.29, 0.717) is 12.4 Å². The lowest BCUT2D eigenvalue weighted by Gasteiger charge is -2.13. The molecule has 17 heavy (non-hydrogen) atoms. The maximum atomic E-state index is 11.9. The maximum absolute atomic E-state index is 11.9. The van der Waals surface area contributed by atoms with Gasteiger partial charge in [0.15, 0.2) is 0 Å². The summed E-state index contributed by atoms with van der Waals surface area (Å²) in [5.41, 5.74) is 0.874. The van der Waals surface area contributed by atoms with E-state index >= 15 is 0 Å². The minimum atomic E-state index is -0.475. The van der Waals surface area contributed by atoms with Crippen molar-refractivity contribution < 1.29 is 9.59 Å². The first-order valence-corrected chi connectivity index (χ1v) is 5.66. The Morgan fingerprint density at radius 3 is 2.82 bits per heavy atom. The average Bonchev–Trinajstić information content (AvgIpc) is 2.54. The van der Waals surface area contributed by atoms with Crippen LogP contribution in [0.5, 0.6) is 0 Å². The molecule has 5 nitrogen and oxygen atoms in total. The number of hydrogen-bond acceptors (Lipinski definition) is 4. The van der Waals surface area contributed by atoms with Crippen LogP contribution in [0.15, 0.2) is 18.2 Å². The third kappa shape index (κ3) is 2.27. The number of rotatable bonds is 3. The lowest BCUT2D eigenvalue weighted by atomic mass is 10.2. The fourth-order valence-electron chi connectivity index (χ4n) is 1.93. The Hall–Kier alpha value is -1.91. The van der Waals surface area contributed by atoms with E-state index in [9.17, 15) is 9.59 Å². The molecule has 2 amide bonds. The Labute approximate surface area is 99.8 Å². The number of amides is 2.